The molecule has 1 aromatic heterocycles. The fraction of sp³-hybridized carbons (Fsp3) is 0.484. The first-order valence-electron chi connectivity index (χ1n) is 14.3. The zero-order valence-corrected chi connectivity index (χ0v) is 23.3. The van der Waals surface area contributed by atoms with Crippen LogP contribution in [0.1, 0.15) is 48.1 Å². The van der Waals surface area contributed by atoms with Crippen LogP contribution in [0.25, 0.3) is 5.83 Å². The van der Waals surface area contributed by atoms with Gasteiger partial charge >= 0.3 is 6.01 Å². The number of hydrogen-bond donors (Lipinski definition) is 0. The summed E-state index contributed by atoms with van der Waals surface area (Å²) in [6, 6.07) is 9.33. The number of carbonyl (C=O) groups is 1. The number of ether oxygens (including phenoxy) is 1. The molecule has 0 N–H and O–H groups in total. The first kappa shape index (κ1) is 27.3. The largest absolute Gasteiger partial charge is 0.462 e. The van der Waals surface area contributed by atoms with Gasteiger partial charge in [-0.1, -0.05) is 30.8 Å². The molecule has 0 unspecified atom stereocenters. The van der Waals surface area contributed by atoms with Crippen molar-refractivity contribution in [1.29, 1.82) is 5.26 Å². The topological polar surface area (TPSA) is 85.6 Å². The normalized spacial score (nSPS) is 25.7. The van der Waals surface area contributed by atoms with Crippen LogP contribution in [0.15, 0.2) is 42.7 Å². The van der Waals surface area contributed by atoms with Gasteiger partial charge in [-0.25, -0.2) is 8.78 Å². The standard InChI is InChI=1S/C31H34F2N6O2/c1-3-26(40)39-16-15-38(18-20(39)11-13-34)29-23-10-12-31(24-9-5-4-8-22(24)27(32)28(31)33)17-25(23)35-30(36-29)41-19-21-7-6-14-37(21)2/h3-5,8-9,20-21H,1,6-7,10-12,14-19H2,2H3/t20-,21-,31+/m0/s1. The third kappa shape index (κ3) is 4.66. The molecule has 2 fully saturated rings. The Morgan fingerprint density at radius 2 is 2.07 bits per heavy atom. The monoisotopic (exact) mass is 560 g/mol. The Hall–Kier alpha value is -3.84. The Morgan fingerprint density at radius 1 is 1.24 bits per heavy atom. The van der Waals surface area contributed by atoms with E-state index in [0.717, 1.165) is 24.9 Å². The fourth-order valence-corrected chi connectivity index (χ4v) is 6.99. The first-order valence-corrected chi connectivity index (χ1v) is 14.3. The second-order valence-electron chi connectivity index (χ2n) is 11.5. The number of hydrogen-bond acceptors (Lipinski definition) is 7. The third-order valence-electron chi connectivity index (χ3n) is 9.26. The van der Waals surface area contributed by atoms with Gasteiger partial charge in [0, 0.05) is 43.2 Å². The number of allylic oxidation sites excluding steroid dienone is 1. The van der Waals surface area contributed by atoms with Gasteiger partial charge in [0.2, 0.25) is 5.91 Å². The van der Waals surface area contributed by atoms with Crippen molar-refractivity contribution in [3.63, 3.8) is 0 Å². The number of aromatic nitrogens is 2. The van der Waals surface area contributed by atoms with Gasteiger partial charge in [0.25, 0.3) is 0 Å². The van der Waals surface area contributed by atoms with Crippen LogP contribution in [-0.4, -0.2) is 77.6 Å². The number of likely N-dealkylation sites (N-methyl/N-ethyl adjacent to an activating group) is 1. The van der Waals surface area contributed by atoms with Crippen molar-refractivity contribution in [2.75, 3.05) is 44.7 Å². The molecule has 1 amide bonds. The van der Waals surface area contributed by atoms with Gasteiger partial charge in [-0.3, -0.25) is 4.79 Å². The number of nitrogens with zero attached hydrogens (tertiary/aromatic N) is 6. The fourth-order valence-electron chi connectivity index (χ4n) is 6.99. The number of carbonyl (C=O) groups excluding carboxylic acids is 1. The summed E-state index contributed by atoms with van der Waals surface area (Å²) in [5, 5.41) is 9.47. The number of rotatable bonds is 6. The lowest BCUT2D eigenvalue weighted by Crippen LogP contribution is -2.55. The second kappa shape index (κ2) is 10.9. The highest BCUT2D eigenvalue weighted by Crippen LogP contribution is 2.54. The van der Waals surface area contributed by atoms with Gasteiger partial charge in [0.05, 0.1) is 29.6 Å². The maximum Gasteiger partial charge on any atom is 0.318 e. The molecule has 0 radical (unpaired) electrons. The van der Waals surface area contributed by atoms with Gasteiger partial charge in [-0.05, 0) is 50.9 Å². The van der Waals surface area contributed by atoms with E-state index in [-0.39, 0.29) is 36.8 Å². The quantitative estimate of drug-likeness (QED) is 0.492. The summed E-state index contributed by atoms with van der Waals surface area (Å²) in [6.45, 7) is 6.39. The molecule has 1 spiro atoms. The number of halogens is 2. The molecule has 1 aromatic carbocycles. The Bertz CT molecular complexity index is 1450. The molecule has 0 bridgehead atoms. The van der Waals surface area contributed by atoms with Crippen molar-refractivity contribution >= 4 is 17.6 Å². The van der Waals surface area contributed by atoms with Crippen LogP contribution in [0.5, 0.6) is 6.01 Å². The van der Waals surface area contributed by atoms with Gasteiger partial charge in [0.1, 0.15) is 18.3 Å². The van der Waals surface area contributed by atoms with E-state index in [1.54, 1.807) is 17.0 Å². The van der Waals surface area contributed by atoms with Gasteiger partial charge in [-0.15, -0.1) is 0 Å². The predicted octanol–water partition coefficient (Wildman–Crippen LogP) is 4.11. The highest BCUT2D eigenvalue weighted by Gasteiger charge is 2.50. The van der Waals surface area contributed by atoms with Gasteiger partial charge in [0.15, 0.2) is 5.83 Å². The Morgan fingerprint density at radius 3 is 2.83 bits per heavy atom. The summed E-state index contributed by atoms with van der Waals surface area (Å²) in [6.07, 6.45) is 4.63. The van der Waals surface area contributed by atoms with Crippen LogP contribution in [0, 0.1) is 11.3 Å². The summed E-state index contributed by atoms with van der Waals surface area (Å²) in [5.74, 6) is -1.04. The van der Waals surface area contributed by atoms with E-state index in [9.17, 15) is 10.1 Å². The highest BCUT2D eigenvalue weighted by molar-refractivity contribution is 5.87. The molecule has 8 nitrogen and oxygen atoms in total. The number of fused-ring (bicyclic) bond motifs is 3. The third-order valence-corrected chi connectivity index (χ3v) is 9.26. The van der Waals surface area contributed by atoms with E-state index < -0.39 is 17.1 Å². The van der Waals surface area contributed by atoms with Crippen molar-refractivity contribution < 1.29 is 18.3 Å². The van der Waals surface area contributed by atoms with Crippen LogP contribution in [-0.2, 0) is 23.1 Å². The summed E-state index contributed by atoms with van der Waals surface area (Å²) in [4.78, 5) is 28.2. The van der Waals surface area contributed by atoms with Crippen LogP contribution in [0.3, 0.4) is 0 Å². The maximum absolute atomic E-state index is 15.7. The number of benzene rings is 1. The number of nitriles is 1. The molecule has 2 aliphatic carbocycles. The Balaban J connectivity index is 1.37. The smallest absolute Gasteiger partial charge is 0.318 e. The molecule has 2 aliphatic heterocycles. The molecular weight excluding hydrogens is 526 g/mol. The van der Waals surface area contributed by atoms with Gasteiger partial charge < -0.3 is 19.4 Å². The van der Waals surface area contributed by atoms with E-state index in [1.807, 2.05) is 12.1 Å². The molecule has 6 rings (SSSR count). The first-order chi connectivity index (χ1) is 19.9. The van der Waals surface area contributed by atoms with Crippen molar-refractivity contribution in [1.82, 2.24) is 19.8 Å². The van der Waals surface area contributed by atoms with Crippen LogP contribution < -0.4 is 9.64 Å². The minimum absolute atomic E-state index is 0.176. The van der Waals surface area contributed by atoms with E-state index >= 15 is 8.78 Å². The molecule has 214 valence electrons. The van der Waals surface area contributed by atoms with Crippen molar-refractivity contribution in [3.8, 4) is 12.1 Å². The summed E-state index contributed by atoms with van der Waals surface area (Å²) in [7, 11) is 2.07. The SMILES string of the molecule is C=CC(=O)N1CCN(c2nc(OC[C@@H]3CCCN3C)nc3c2CC[C@]2(C3)C(F)=C(F)c3ccccc32)C[C@@H]1CC#N. The highest BCUT2D eigenvalue weighted by atomic mass is 19.2. The van der Waals surface area contributed by atoms with E-state index in [0.29, 0.717) is 61.7 Å². The molecule has 2 saturated heterocycles. The molecule has 2 aromatic rings. The van der Waals surface area contributed by atoms with Crippen molar-refractivity contribution in [3.05, 3.63) is 65.1 Å². The van der Waals surface area contributed by atoms with Crippen LogP contribution in [0.4, 0.5) is 14.6 Å². The summed E-state index contributed by atoms with van der Waals surface area (Å²) in [5.41, 5.74) is 1.39. The molecule has 4 aliphatic rings. The summed E-state index contributed by atoms with van der Waals surface area (Å²) < 4.78 is 37.0. The predicted molar refractivity (Wildman–Crippen MR) is 151 cm³/mol. The molecular formula is C31H34F2N6O2. The lowest BCUT2D eigenvalue weighted by atomic mass is 9.69. The summed E-state index contributed by atoms with van der Waals surface area (Å²) >= 11 is 0. The molecule has 3 heterocycles. The zero-order valence-electron chi connectivity index (χ0n) is 23.3. The van der Waals surface area contributed by atoms with Crippen LogP contribution >= 0.6 is 0 Å². The molecule has 10 heteroatoms. The van der Waals surface area contributed by atoms with Crippen LogP contribution in [0.2, 0.25) is 0 Å². The van der Waals surface area contributed by atoms with E-state index in [1.165, 1.54) is 6.08 Å². The number of anilines is 1. The minimum Gasteiger partial charge on any atom is -0.462 e. The van der Waals surface area contributed by atoms with E-state index in [4.69, 9.17) is 14.7 Å². The van der Waals surface area contributed by atoms with Gasteiger partial charge in [-0.2, -0.15) is 15.2 Å². The number of piperazine rings is 1. The lowest BCUT2D eigenvalue weighted by molar-refractivity contribution is -0.128. The zero-order chi connectivity index (χ0) is 28.7. The second-order valence-corrected chi connectivity index (χ2v) is 11.5. The van der Waals surface area contributed by atoms with Crippen molar-refractivity contribution in [2.45, 2.75) is 56.0 Å². The average Bonchev–Trinajstić information content (AvgIpc) is 3.50. The molecule has 3 atom stereocenters. The maximum atomic E-state index is 15.7. The average molecular weight is 561 g/mol. The lowest BCUT2D eigenvalue weighted by Gasteiger charge is -2.42. The Labute approximate surface area is 238 Å². The number of amides is 1. The molecule has 0 saturated carbocycles. The number of likely N-dealkylation sites (tertiary alicyclic amines) is 1. The van der Waals surface area contributed by atoms with E-state index in [2.05, 4.69) is 29.5 Å². The Kier molecular flexibility index (Phi) is 7.24. The minimum atomic E-state index is -1.11. The van der Waals surface area contributed by atoms with Crippen molar-refractivity contribution in [2.24, 2.45) is 0 Å². The molecule has 41 heavy (non-hydrogen) atoms.